The van der Waals surface area contributed by atoms with Gasteiger partial charge in [-0.25, -0.2) is 0 Å². The lowest BCUT2D eigenvalue weighted by Gasteiger charge is -2.17. The van der Waals surface area contributed by atoms with Crippen molar-refractivity contribution < 1.29 is 13.9 Å². The molecule has 0 spiro atoms. The molecule has 0 aliphatic carbocycles. The number of nitrogens with zero attached hydrogens (tertiary/aromatic N) is 3. The van der Waals surface area contributed by atoms with Crippen molar-refractivity contribution in [3.63, 3.8) is 0 Å². The molecule has 2 aromatic heterocycles. The minimum Gasteiger partial charge on any atom is -0.486 e. The molecule has 3 rings (SSSR count). The summed E-state index contributed by atoms with van der Waals surface area (Å²) in [5.74, 6) is 1.49. The molecule has 0 aliphatic heterocycles. The molecule has 0 atom stereocenters. The van der Waals surface area contributed by atoms with E-state index in [4.69, 9.17) is 9.15 Å². The molecule has 7 heteroatoms. The summed E-state index contributed by atoms with van der Waals surface area (Å²) in [6.45, 7) is 5.58. The standard InChI is InChI=1S/C21H24BrN3O3/c1-4-15-6-8-16(9-7-15)27-14-17-10-11-20(28-17)21(26)24(3)13-19-18(22)12-23-25(19)5-2/h6-12H,4-5,13-14H2,1-3H3. The summed E-state index contributed by atoms with van der Waals surface area (Å²) < 4.78 is 14.2. The third kappa shape index (κ3) is 4.65. The Morgan fingerprint density at radius 2 is 1.96 bits per heavy atom. The van der Waals surface area contributed by atoms with Gasteiger partial charge in [0.05, 0.1) is 22.9 Å². The van der Waals surface area contributed by atoms with Gasteiger partial charge in [0.1, 0.15) is 18.1 Å². The molecule has 6 nitrogen and oxygen atoms in total. The van der Waals surface area contributed by atoms with Crippen molar-refractivity contribution in [1.82, 2.24) is 14.7 Å². The summed E-state index contributed by atoms with van der Waals surface area (Å²) in [5, 5.41) is 4.28. The molecular weight excluding hydrogens is 422 g/mol. The SMILES string of the molecule is CCc1ccc(OCc2ccc(C(=O)N(C)Cc3c(Br)cnn3CC)o2)cc1. The summed E-state index contributed by atoms with van der Waals surface area (Å²) in [7, 11) is 1.75. The molecule has 1 aromatic carbocycles. The first kappa shape index (κ1) is 20.2. The van der Waals surface area contributed by atoms with Crippen LogP contribution in [0.1, 0.15) is 41.4 Å². The lowest BCUT2D eigenvalue weighted by molar-refractivity contribution is 0.0745. The fourth-order valence-electron chi connectivity index (χ4n) is 2.85. The predicted octanol–water partition coefficient (Wildman–Crippen LogP) is 4.67. The molecule has 1 amide bonds. The zero-order valence-corrected chi connectivity index (χ0v) is 17.9. The maximum atomic E-state index is 12.7. The van der Waals surface area contributed by atoms with E-state index in [2.05, 4.69) is 28.0 Å². The van der Waals surface area contributed by atoms with Crippen LogP contribution in [0.4, 0.5) is 0 Å². The first-order valence-electron chi connectivity index (χ1n) is 9.27. The van der Waals surface area contributed by atoms with Crippen LogP contribution in [0.2, 0.25) is 0 Å². The minimum absolute atomic E-state index is 0.186. The summed E-state index contributed by atoms with van der Waals surface area (Å²) in [5.41, 5.74) is 2.21. The van der Waals surface area contributed by atoms with Gasteiger partial charge in [0.25, 0.3) is 5.91 Å². The number of hydrogen-bond acceptors (Lipinski definition) is 4. The summed E-state index contributed by atoms with van der Waals surface area (Å²) in [6, 6.07) is 11.4. The smallest absolute Gasteiger partial charge is 0.289 e. The van der Waals surface area contributed by atoms with Crippen LogP contribution in [0, 0.1) is 0 Å². The number of amides is 1. The van der Waals surface area contributed by atoms with Crippen LogP contribution in [0.3, 0.4) is 0 Å². The van der Waals surface area contributed by atoms with E-state index >= 15 is 0 Å². The fraction of sp³-hybridized carbons (Fsp3) is 0.333. The van der Waals surface area contributed by atoms with E-state index in [9.17, 15) is 4.79 Å². The van der Waals surface area contributed by atoms with Gasteiger partial charge in [0.15, 0.2) is 5.76 Å². The third-order valence-electron chi connectivity index (χ3n) is 4.52. The molecule has 0 aliphatic rings. The average Bonchev–Trinajstić information content (AvgIpc) is 3.33. The number of hydrogen-bond donors (Lipinski definition) is 0. The molecular formula is C21H24BrN3O3. The Labute approximate surface area is 173 Å². The van der Waals surface area contributed by atoms with E-state index in [0.717, 1.165) is 28.9 Å². The Morgan fingerprint density at radius 1 is 1.21 bits per heavy atom. The second-order valence-electron chi connectivity index (χ2n) is 6.47. The van der Waals surface area contributed by atoms with E-state index in [1.807, 2.05) is 35.9 Å². The van der Waals surface area contributed by atoms with Crippen LogP contribution >= 0.6 is 15.9 Å². The maximum absolute atomic E-state index is 12.7. The monoisotopic (exact) mass is 445 g/mol. The number of carbonyl (C=O) groups excluding carboxylic acids is 1. The van der Waals surface area contributed by atoms with Gasteiger partial charge in [-0.1, -0.05) is 19.1 Å². The zero-order valence-electron chi connectivity index (χ0n) is 16.3. The largest absolute Gasteiger partial charge is 0.486 e. The van der Waals surface area contributed by atoms with Crippen LogP contribution in [0.25, 0.3) is 0 Å². The fourth-order valence-corrected chi connectivity index (χ4v) is 3.27. The molecule has 28 heavy (non-hydrogen) atoms. The van der Waals surface area contributed by atoms with Crippen molar-refractivity contribution in [2.45, 2.75) is 40.0 Å². The summed E-state index contributed by atoms with van der Waals surface area (Å²) >= 11 is 3.49. The van der Waals surface area contributed by atoms with E-state index in [-0.39, 0.29) is 12.5 Å². The van der Waals surface area contributed by atoms with Crippen molar-refractivity contribution in [1.29, 1.82) is 0 Å². The second kappa shape index (κ2) is 9.10. The maximum Gasteiger partial charge on any atom is 0.289 e. The minimum atomic E-state index is -0.186. The van der Waals surface area contributed by atoms with Crippen molar-refractivity contribution in [3.8, 4) is 5.75 Å². The number of halogens is 1. The number of ether oxygens (including phenoxy) is 1. The molecule has 0 fully saturated rings. The predicted molar refractivity (Wildman–Crippen MR) is 110 cm³/mol. The molecule has 0 saturated heterocycles. The van der Waals surface area contributed by atoms with Gasteiger partial charge >= 0.3 is 0 Å². The van der Waals surface area contributed by atoms with Crippen LogP contribution in [0.15, 0.2) is 51.5 Å². The van der Waals surface area contributed by atoms with Crippen LogP contribution in [0.5, 0.6) is 5.75 Å². The molecule has 2 heterocycles. The lowest BCUT2D eigenvalue weighted by atomic mass is 10.2. The number of aromatic nitrogens is 2. The Kier molecular flexibility index (Phi) is 6.57. The number of furan rings is 1. The van der Waals surface area contributed by atoms with Crippen LogP contribution < -0.4 is 4.74 Å². The number of rotatable bonds is 8. The van der Waals surface area contributed by atoms with Crippen LogP contribution in [-0.4, -0.2) is 27.6 Å². The number of aryl methyl sites for hydroxylation is 2. The lowest BCUT2D eigenvalue weighted by Crippen LogP contribution is -2.27. The Bertz CT molecular complexity index is 931. The highest BCUT2D eigenvalue weighted by Crippen LogP contribution is 2.20. The highest BCUT2D eigenvalue weighted by atomic mass is 79.9. The third-order valence-corrected chi connectivity index (χ3v) is 5.18. The van der Waals surface area contributed by atoms with E-state index in [1.165, 1.54) is 5.56 Å². The van der Waals surface area contributed by atoms with Gasteiger partial charge in [-0.3, -0.25) is 9.48 Å². The topological polar surface area (TPSA) is 60.5 Å². The highest BCUT2D eigenvalue weighted by Gasteiger charge is 2.19. The van der Waals surface area contributed by atoms with Crippen molar-refractivity contribution in [3.05, 3.63) is 69.8 Å². The van der Waals surface area contributed by atoms with Crippen molar-refractivity contribution >= 4 is 21.8 Å². The molecule has 0 N–H and O–H groups in total. The van der Waals surface area contributed by atoms with Gasteiger partial charge in [-0.2, -0.15) is 5.10 Å². The number of carbonyl (C=O) groups is 1. The van der Waals surface area contributed by atoms with Crippen molar-refractivity contribution in [2.75, 3.05) is 7.05 Å². The quantitative estimate of drug-likeness (QED) is 0.505. The number of benzene rings is 1. The Balaban J connectivity index is 1.60. The second-order valence-corrected chi connectivity index (χ2v) is 7.32. The highest BCUT2D eigenvalue weighted by molar-refractivity contribution is 9.10. The molecule has 0 bridgehead atoms. The molecule has 0 unspecified atom stereocenters. The van der Waals surface area contributed by atoms with Gasteiger partial charge in [-0.05, 0) is 59.1 Å². The molecule has 0 saturated carbocycles. The van der Waals surface area contributed by atoms with Crippen molar-refractivity contribution in [2.24, 2.45) is 0 Å². The molecule has 148 valence electrons. The normalized spacial score (nSPS) is 10.9. The molecule has 3 aromatic rings. The first-order chi connectivity index (χ1) is 13.5. The van der Waals surface area contributed by atoms with E-state index in [0.29, 0.717) is 18.1 Å². The van der Waals surface area contributed by atoms with E-state index < -0.39 is 0 Å². The first-order valence-corrected chi connectivity index (χ1v) is 10.1. The average molecular weight is 446 g/mol. The van der Waals surface area contributed by atoms with Gasteiger partial charge in [0, 0.05) is 13.6 Å². The molecule has 0 radical (unpaired) electrons. The zero-order chi connectivity index (χ0) is 20.1. The van der Waals surface area contributed by atoms with Crippen LogP contribution in [-0.2, 0) is 26.1 Å². The van der Waals surface area contributed by atoms with E-state index in [1.54, 1.807) is 30.3 Å². The summed E-state index contributed by atoms with van der Waals surface area (Å²) in [6.07, 6.45) is 2.74. The summed E-state index contributed by atoms with van der Waals surface area (Å²) in [4.78, 5) is 14.3. The van der Waals surface area contributed by atoms with Gasteiger partial charge < -0.3 is 14.1 Å². The van der Waals surface area contributed by atoms with Gasteiger partial charge in [0.2, 0.25) is 0 Å². The Hall–Kier alpha value is -2.54. The van der Waals surface area contributed by atoms with Gasteiger partial charge in [-0.15, -0.1) is 0 Å². The Morgan fingerprint density at radius 3 is 2.64 bits per heavy atom.